The summed E-state index contributed by atoms with van der Waals surface area (Å²) in [5.74, 6) is 0.680. The van der Waals surface area contributed by atoms with E-state index in [0.29, 0.717) is 5.82 Å². The molecule has 6 nitrogen and oxygen atoms in total. The molecule has 0 aliphatic rings. The predicted molar refractivity (Wildman–Crippen MR) is 195 cm³/mol. The smallest absolute Gasteiger partial charge is 0.160 e. The fraction of sp³-hybridized carbons (Fsp3) is 0. The first-order valence-electron chi connectivity index (χ1n) is 16.0. The van der Waals surface area contributed by atoms with E-state index >= 15 is 0 Å². The molecule has 5 aromatic carbocycles. The summed E-state index contributed by atoms with van der Waals surface area (Å²) in [4.78, 5) is 19.8. The molecule has 6 heteroatoms. The highest BCUT2D eigenvalue weighted by Crippen LogP contribution is 2.36. The van der Waals surface area contributed by atoms with Crippen molar-refractivity contribution in [3.63, 3.8) is 0 Å². The summed E-state index contributed by atoms with van der Waals surface area (Å²) in [6.45, 7) is 0. The van der Waals surface area contributed by atoms with Crippen LogP contribution in [0.5, 0.6) is 0 Å². The van der Waals surface area contributed by atoms with Gasteiger partial charge in [0.1, 0.15) is 0 Å². The van der Waals surface area contributed by atoms with Gasteiger partial charge < -0.3 is 9.13 Å². The minimum atomic E-state index is 0.680. The Morgan fingerprint density at radius 1 is 0.396 bits per heavy atom. The Kier molecular flexibility index (Phi) is 5.77. The van der Waals surface area contributed by atoms with E-state index in [0.717, 1.165) is 83.0 Å². The van der Waals surface area contributed by atoms with Crippen LogP contribution >= 0.6 is 0 Å². The maximum atomic E-state index is 5.23. The number of fused-ring (bicyclic) bond motifs is 7. The summed E-state index contributed by atoms with van der Waals surface area (Å²) in [5, 5.41) is 3.22. The molecule has 0 aliphatic heterocycles. The summed E-state index contributed by atoms with van der Waals surface area (Å²) in [7, 11) is 0. The molecule has 224 valence electrons. The first-order valence-corrected chi connectivity index (χ1v) is 16.0. The molecule has 0 bridgehead atoms. The number of pyridine rings is 2. The van der Waals surface area contributed by atoms with Crippen LogP contribution in [0.15, 0.2) is 158 Å². The van der Waals surface area contributed by atoms with Gasteiger partial charge in [-0.15, -0.1) is 0 Å². The van der Waals surface area contributed by atoms with Gasteiger partial charge in [0.05, 0.1) is 44.3 Å². The van der Waals surface area contributed by atoms with E-state index in [1.54, 1.807) is 0 Å². The maximum absolute atomic E-state index is 5.23. The summed E-state index contributed by atoms with van der Waals surface area (Å²) >= 11 is 0. The SMILES string of the molecule is c1ccc(-n2c3ccc(-c4nc(-c5ccc(-n6c7ccccc7c7ncccc76)cc5)c5ccccc5n4)cc3c3ncccc32)cc1. The minimum absolute atomic E-state index is 0.680. The first kappa shape index (κ1) is 26.5. The summed E-state index contributed by atoms with van der Waals surface area (Å²) in [6, 6.07) is 50.4. The maximum Gasteiger partial charge on any atom is 0.160 e. The van der Waals surface area contributed by atoms with Crippen LogP contribution in [-0.4, -0.2) is 29.1 Å². The third kappa shape index (κ3) is 3.99. The molecule has 10 aromatic rings. The van der Waals surface area contributed by atoms with Crippen LogP contribution in [0.1, 0.15) is 0 Å². The Bertz CT molecular complexity index is 2780. The van der Waals surface area contributed by atoms with Gasteiger partial charge in [0.15, 0.2) is 5.82 Å². The fourth-order valence-electron chi connectivity index (χ4n) is 7.09. The Balaban J connectivity index is 1.13. The third-order valence-electron chi connectivity index (χ3n) is 9.22. The van der Waals surface area contributed by atoms with Crippen LogP contribution < -0.4 is 0 Å². The van der Waals surface area contributed by atoms with Crippen LogP contribution in [0.3, 0.4) is 0 Å². The second-order valence-corrected chi connectivity index (χ2v) is 12.0. The molecule has 0 amide bonds. The Labute approximate surface area is 275 Å². The lowest BCUT2D eigenvalue weighted by Gasteiger charge is -2.12. The van der Waals surface area contributed by atoms with E-state index in [1.165, 1.54) is 0 Å². The molecular weight excluding hydrogens is 589 g/mol. The second-order valence-electron chi connectivity index (χ2n) is 12.0. The second kappa shape index (κ2) is 10.4. The molecule has 10 rings (SSSR count). The lowest BCUT2D eigenvalue weighted by atomic mass is 10.0. The Morgan fingerprint density at radius 2 is 0.979 bits per heavy atom. The number of para-hydroxylation sites is 3. The molecule has 0 fully saturated rings. The van der Waals surface area contributed by atoms with Gasteiger partial charge in [-0.25, -0.2) is 9.97 Å². The summed E-state index contributed by atoms with van der Waals surface area (Å²) < 4.78 is 4.54. The number of nitrogens with zero attached hydrogens (tertiary/aromatic N) is 6. The van der Waals surface area contributed by atoms with Gasteiger partial charge in [-0.2, -0.15) is 0 Å². The van der Waals surface area contributed by atoms with E-state index in [9.17, 15) is 0 Å². The molecule has 48 heavy (non-hydrogen) atoms. The van der Waals surface area contributed by atoms with Crippen LogP contribution in [-0.2, 0) is 0 Å². The van der Waals surface area contributed by atoms with E-state index < -0.39 is 0 Å². The molecule has 0 atom stereocenters. The van der Waals surface area contributed by atoms with Crippen LogP contribution in [0.4, 0.5) is 0 Å². The van der Waals surface area contributed by atoms with Crippen molar-refractivity contribution in [3.05, 3.63) is 158 Å². The number of hydrogen-bond acceptors (Lipinski definition) is 4. The molecule has 5 heterocycles. The third-order valence-corrected chi connectivity index (χ3v) is 9.22. The number of hydrogen-bond donors (Lipinski definition) is 0. The zero-order valence-electron chi connectivity index (χ0n) is 25.7. The van der Waals surface area contributed by atoms with Gasteiger partial charge in [-0.3, -0.25) is 9.97 Å². The molecule has 0 saturated heterocycles. The lowest BCUT2D eigenvalue weighted by molar-refractivity contribution is 1.17. The quantitative estimate of drug-likeness (QED) is 0.198. The average molecular weight is 615 g/mol. The zero-order valence-corrected chi connectivity index (χ0v) is 25.7. The van der Waals surface area contributed by atoms with Crippen molar-refractivity contribution in [3.8, 4) is 34.0 Å². The topological polar surface area (TPSA) is 61.4 Å². The highest BCUT2D eigenvalue weighted by atomic mass is 15.0. The molecular formula is C42H26N6. The van der Waals surface area contributed by atoms with Gasteiger partial charge in [-0.05, 0) is 78.9 Å². The number of benzene rings is 5. The van der Waals surface area contributed by atoms with Crippen LogP contribution in [0.25, 0.3) is 88.8 Å². The van der Waals surface area contributed by atoms with Gasteiger partial charge in [0.2, 0.25) is 0 Å². The van der Waals surface area contributed by atoms with Gasteiger partial charge in [-0.1, -0.05) is 66.7 Å². The highest BCUT2D eigenvalue weighted by Gasteiger charge is 2.17. The van der Waals surface area contributed by atoms with E-state index in [2.05, 4.69) is 124 Å². The molecule has 0 unspecified atom stereocenters. The number of aromatic nitrogens is 6. The molecule has 0 radical (unpaired) electrons. The molecule has 0 N–H and O–H groups in total. The van der Waals surface area contributed by atoms with E-state index in [1.807, 2.05) is 42.7 Å². The average Bonchev–Trinajstić information content (AvgIpc) is 3.67. The van der Waals surface area contributed by atoms with Crippen molar-refractivity contribution in [1.82, 2.24) is 29.1 Å². The van der Waals surface area contributed by atoms with Gasteiger partial charge >= 0.3 is 0 Å². The lowest BCUT2D eigenvalue weighted by Crippen LogP contribution is -1.97. The van der Waals surface area contributed by atoms with Gasteiger partial charge in [0.25, 0.3) is 0 Å². The standard InChI is InChI=1S/C42H26N6/c1-2-10-29(11-3-1)47-36-23-20-28(26-33(36)41-38(47)17-9-25-44-41)42-45-34-14-6-4-12-31(34)39(46-42)27-18-21-30(22-19-27)48-35-15-7-5-13-32(35)40-37(48)16-8-24-43-40/h1-26H. The zero-order chi connectivity index (χ0) is 31.6. The molecule has 0 spiro atoms. The normalized spacial score (nSPS) is 11.8. The molecule has 0 aliphatic carbocycles. The van der Waals surface area contributed by atoms with Crippen molar-refractivity contribution >= 4 is 54.8 Å². The van der Waals surface area contributed by atoms with Crippen LogP contribution in [0.2, 0.25) is 0 Å². The largest absolute Gasteiger partial charge is 0.308 e. The van der Waals surface area contributed by atoms with E-state index in [-0.39, 0.29) is 0 Å². The predicted octanol–water partition coefficient (Wildman–Crippen LogP) is 9.95. The summed E-state index contributed by atoms with van der Waals surface area (Å²) in [5.41, 5.74) is 12.3. The fourth-order valence-corrected chi connectivity index (χ4v) is 7.09. The summed E-state index contributed by atoms with van der Waals surface area (Å²) in [6.07, 6.45) is 3.71. The van der Waals surface area contributed by atoms with Gasteiger partial charge in [0, 0.05) is 51.1 Å². The Hall–Kier alpha value is -6.66. The van der Waals surface area contributed by atoms with Crippen molar-refractivity contribution in [2.75, 3.05) is 0 Å². The van der Waals surface area contributed by atoms with Crippen molar-refractivity contribution in [2.45, 2.75) is 0 Å². The number of rotatable bonds is 4. The molecule has 0 saturated carbocycles. The monoisotopic (exact) mass is 614 g/mol. The highest BCUT2D eigenvalue weighted by molar-refractivity contribution is 6.09. The van der Waals surface area contributed by atoms with Crippen molar-refractivity contribution in [2.24, 2.45) is 0 Å². The molecule has 5 aromatic heterocycles. The van der Waals surface area contributed by atoms with Crippen LogP contribution in [0, 0.1) is 0 Å². The van der Waals surface area contributed by atoms with Crippen molar-refractivity contribution < 1.29 is 0 Å². The minimum Gasteiger partial charge on any atom is -0.308 e. The Morgan fingerprint density at radius 3 is 1.75 bits per heavy atom. The first-order chi connectivity index (χ1) is 23.8. The van der Waals surface area contributed by atoms with E-state index in [4.69, 9.17) is 19.9 Å². The van der Waals surface area contributed by atoms with Crippen molar-refractivity contribution in [1.29, 1.82) is 0 Å².